The summed E-state index contributed by atoms with van der Waals surface area (Å²) in [5.41, 5.74) is 7.57. The van der Waals surface area contributed by atoms with E-state index in [2.05, 4.69) is 9.97 Å². The Kier molecular flexibility index (Phi) is 2.56. The molecule has 3 rings (SSSR count). The molecular formula is C13H11FN4O. The lowest BCUT2D eigenvalue weighted by molar-refractivity contribution is 0.465. The fourth-order valence-electron chi connectivity index (χ4n) is 1.81. The van der Waals surface area contributed by atoms with E-state index in [0.29, 0.717) is 17.1 Å². The molecule has 0 atom stereocenters. The number of halogens is 1. The quantitative estimate of drug-likeness (QED) is 0.717. The minimum atomic E-state index is -0.419. The molecule has 0 aliphatic heterocycles. The number of rotatable bonds is 2. The van der Waals surface area contributed by atoms with Crippen LogP contribution >= 0.6 is 0 Å². The van der Waals surface area contributed by atoms with Gasteiger partial charge in [0.25, 0.3) is 0 Å². The molecule has 2 N–H and O–H groups in total. The van der Waals surface area contributed by atoms with Crippen molar-refractivity contribution in [1.29, 1.82) is 0 Å². The maximum atomic E-state index is 13.2. The van der Waals surface area contributed by atoms with Crippen molar-refractivity contribution in [2.75, 3.05) is 5.73 Å². The summed E-state index contributed by atoms with van der Waals surface area (Å²) in [7, 11) is 1.87. The molecule has 0 radical (unpaired) electrons. The van der Waals surface area contributed by atoms with E-state index in [1.54, 1.807) is 12.5 Å². The van der Waals surface area contributed by atoms with E-state index < -0.39 is 5.82 Å². The van der Waals surface area contributed by atoms with Crippen LogP contribution in [-0.2, 0) is 7.05 Å². The first-order valence-corrected chi connectivity index (χ1v) is 5.64. The number of pyridine rings is 1. The Morgan fingerprint density at radius 1 is 1.26 bits per heavy atom. The second-order valence-corrected chi connectivity index (χ2v) is 4.12. The average Bonchev–Trinajstić information content (AvgIpc) is 2.77. The van der Waals surface area contributed by atoms with E-state index in [4.69, 9.17) is 10.5 Å². The van der Waals surface area contributed by atoms with Gasteiger partial charge in [0.15, 0.2) is 11.3 Å². The van der Waals surface area contributed by atoms with E-state index >= 15 is 0 Å². The van der Waals surface area contributed by atoms with Crippen molar-refractivity contribution in [1.82, 2.24) is 14.5 Å². The summed E-state index contributed by atoms with van der Waals surface area (Å²) in [5.74, 6) is 0.110. The van der Waals surface area contributed by atoms with Crippen LogP contribution in [0, 0.1) is 5.82 Å². The lowest BCUT2D eigenvalue weighted by Crippen LogP contribution is -1.95. The Hall–Kier alpha value is -2.63. The highest BCUT2D eigenvalue weighted by atomic mass is 19.1. The van der Waals surface area contributed by atoms with Crippen LogP contribution in [0.2, 0.25) is 0 Å². The molecule has 3 aromatic rings. The molecule has 0 aliphatic rings. The Morgan fingerprint density at radius 3 is 2.95 bits per heavy atom. The molecule has 19 heavy (non-hydrogen) atoms. The van der Waals surface area contributed by atoms with Crippen molar-refractivity contribution in [2.24, 2.45) is 7.05 Å². The molecule has 2 heterocycles. The number of anilines is 1. The van der Waals surface area contributed by atoms with E-state index in [0.717, 1.165) is 5.52 Å². The topological polar surface area (TPSA) is 66.0 Å². The predicted molar refractivity (Wildman–Crippen MR) is 69.4 cm³/mol. The van der Waals surface area contributed by atoms with Crippen LogP contribution in [0.1, 0.15) is 0 Å². The van der Waals surface area contributed by atoms with Crippen LogP contribution in [0.15, 0.2) is 36.8 Å². The Bertz CT molecular complexity index is 753. The third-order valence-electron chi connectivity index (χ3n) is 2.79. The highest BCUT2D eigenvalue weighted by Crippen LogP contribution is 2.30. The van der Waals surface area contributed by atoms with E-state index in [1.807, 2.05) is 17.7 Å². The number of ether oxygens (including phenoxy) is 1. The van der Waals surface area contributed by atoms with Crippen molar-refractivity contribution in [2.45, 2.75) is 0 Å². The van der Waals surface area contributed by atoms with Gasteiger partial charge in [-0.3, -0.25) is 0 Å². The lowest BCUT2D eigenvalue weighted by Gasteiger charge is -2.08. The van der Waals surface area contributed by atoms with Gasteiger partial charge < -0.3 is 15.0 Å². The van der Waals surface area contributed by atoms with Gasteiger partial charge in [0.05, 0.1) is 17.5 Å². The number of fused-ring (bicyclic) bond motifs is 1. The average molecular weight is 258 g/mol. The molecule has 5 nitrogen and oxygen atoms in total. The number of hydrogen-bond acceptors (Lipinski definition) is 4. The molecule has 96 valence electrons. The van der Waals surface area contributed by atoms with Crippen molar-refractivity contribution in [3.05, 3.63) is 42.6 Å². The summed E-state index contributed by atoms with van der Waals surface area (Å²) in [6, 6.07) is 5.77. The minimum absolute atomic E-state index is 0.227. The first-order valence-electron chi connectivity index (χ1n) is 5.64. The Balaban J connectivity index is 2.08. The van der Waals surface area contributed by atoms with Gasteiger partial charge in [0.1, 0.15) is 5.82 Å². The van der Waals surface area contributed by atoms with E-state index in [-0.39, 0.29) is 5.75 Å². The van der Waals surface area contributed by atoms with E-state index in [1.165, 1.54) is 18.2 Å². The zero-order chi connectivity index (χ0) is 13.4. The molecule has 0 saturated carbocycles. The van der Waals surface area contributed by atoms with Gasteiger partial charge in [-0.25, -0.2) is 14.4 Å². The van der Waals surface area contributed by atoms with Crippen LogP contribution < -0.4 is 10.5 Å². The minimum Gasteiger partial charge on any atom is -0.435 e. The summed E-state index contributed by atoms with van der Waals surface area (Å²) in [6.07, 6.45) is 3.27. The predicted octanol–water partition coefficient (Wildman–Crippen LogP) is 2.48. The number of benzene rings is 1. The van der Waals surface area contributed by atoms with Gasteiger partial charge in [-0.1, -0.05) is 0 Å². The number of nitrogen functional groups attached to an aromatic ring is 1. The first-order chi connectivity index (χ1) is 9.15. The molecule has 0 fully saturated rings. The molecular weight excluding hydrogens is 247 g/mol. The molecule has 0 spiro atoms. The second-order valence-electron chi connectivity index (χ2n) is 4.12. The second kappa shape index (κ2) is 4.24. The van der Waals surface area contributed by atoms with Crippen LogP contribution in [0.5, 0.6) is 11.6 Å². The number of imidazole rings is 1. The molecule has 0 amide bonds. The van der Waals surface area contributed by atoms with Gasteiger partial charge in [-0.15, -0.1) is 0 Å². The summed E-state index contributed by atoms with van der Waals surface area (Å²) >= 11 is 0. The van der Waals surface area contributed by atoms with Gasteiger partial charge >= 0.3 is 0 Å². The standard InChI is InChI=1S/C13H11FN4O/c1-18-7-17-12-10(18)4-5-16-13(12)19-11-6-8(14)2-3-9(11)15/h2-7H,15H2,1H3. The molecule has 0 saturated heterocycles. The van der Waals surface area contributed by atoms with E-state index in [9.17, 15) is 4.39 Å². The molecule has 2 aromatic heterocycles. The highest BCUT2D eigenvalue weighted by molar-refractivity contribution is 5.80. The maximum absolute atomic E-state index is 13.2. The summed E-state index contributed by atoms with van der Waals surface area (Å²) < 4.78 is 20.6. The van der Waals surface area contributed by atoms with Crippen molar-refractivity contribution in [3.63, 3.8) is 0 Å². The number of nitrogens with two attached hydrogens (primary N) is 1. The lowest BCUT2D eigenvalue weighted by atomic mass is 10.3. The Morgan fingerprint density at radius 2 is 2.11 bits per heavy atom. The van der Waals surface area contributed by atoms with Gasteiger partial charge in [0.2, 0.25) is 5.88 Å². The zero-order valence-electron chi connectivity index (χ0n) is 10.2. The fraction of sp³-hybridized carbons (Fsp3) is 0.0769. The third-order valence-corrected chi connectivity index (χ3v) is 2.79. The van der Waals surface area contributed by atoms with Gasteiger partial charge in [-0.2, -0.15) is 0 Å². The molecule has 1 aromatic carbocycles. The summed E-state index contributed by atoms with van der Waals surface area (Å²) in [5, 5.41) is 0. The fourth-order valence-corrected chi connectivity index (χ4v) is 1.81. The number of hydrogen-bond donors (Lipinski definition) is 1. The largest absolute Gasteiger partial charge is 0.435 e. The number of nitrogens with zero attached hydrogens (tertiary/aromatic N) is 3. The first kappa shape index (κ1) is 11.5. The SMILES string of the molecule is Cn1cnc2c(Oc3cc(F)ccc3N)nccc21. The highest BCUT2D eigenvalue weighted by Gasteiger charge is 2.11. The maximum Gasteiger partial charge on any atom is 0.247 e. The van der Waals surface area contributed by atoms with Crippen LogP contribution in [0.25, 0.3) is 11.0 Å². The normalized spacial score (nSPS) is 10.8. The van der Waals surface area contributed by atoms with Crippen LogP contribution in [0.4, 0.5) is 10.1 Å². The van der Waals surface area contributed by atoms with Gasteiger partial charge in [-0.05, 0) is 18.2 Å². The molecule has 0 unspecified atom stereocenters. The summed E-state index contributed by atoms with van der Waals surface area (Å²) in [6.45, 7) is 0. The molecule has 6 heteroatoms. The Labute approximate surface area is 108 Å². The van der Waals surface area contributed by atoms with Crippen molar-refractivity contribution >= 4 is 16.7 Å². The van der Waals surface area contributed by atoms with Crippen LogP contribution in [0.3, 0.4) is 0 Å². The monoisotopic (exact) mass is 258 g/mol. The van der Waals surface area contributed by atoms with Crippen molar-refractivity contribution < 1.29 is 9.13 Å². The van der Waals surface area contributed by atoms with Crippen LogP contribution in [-0.4, -0.2) is 14.5 Å². The molecule has 0 bridgehead atoms. The smallest absolute Gasteiger partial charge is 0.247 e. The van der Waals surface area contributed by atoms with Gasteiger partial charge in [0, 0.05) is 19.3 Å². The zero-order valence-corrected chi connectivity index (χ0v) is 10.2. The molecule has 0 aliphatic carbocycles. The third kappa shape index (κ3) is 1.97. The number of aryl methyl sites for hydroxylation is 1. The summed E-state index contributed by atoms with van der Waals surface area (Å²) in [4.78, 5) is 8.32. The van der Waals surface area contributed by atoms with Crippen molar-refractivity contribution in [3.8, 4) is 11.6 Å². The number of aromatic nitrogens is 3.